The fourth-order valence-electron chi connectivity index (χ4n) is 2.28. The van der Waals surface area contributed by atoms with E-state index in [1.165, 1.54) is 6.07 Å². The molecule has 5 heteroatoms. The molecule has 1 aromatic carbocycles. The molecule has 0 bridgehead atoms. The number of halogens is 2. The Hall–Kier alpha value is -1.49. The van der Waals surface area contributed by atoms with E-state index in [0.717, 1.165) is 25.0 Å². The van der Waals surface area contributed by atoms with Crippen molar-refractivity contribution in [2.24, 2.45) is 0 Å². The molecule has 1 aromatic rings. The minimum absolute atomic E-state index is 0.0354. The topological polar surface area (TPSA) is 40.5 Å². The quantitative estimate of drug-likeness (QED) is 0.889. The lowest BCUT2D eigenvalue weighted by atomic mass is 10.1. The molecular formula is C13H15F2NO2. The number of aliphatic hydroxyl groups is 1. The zero-order valence-electron chi connectivity index (χ0n) is 9.90. The predicted octanol–water partition coefficient (Wildman–Crippen LogP) is 1.49. The van der Waals surface area contributed by atoms with Gasteiger partial charge < -0.3 is 10.0 Å². The summed E-state index contributed by atoms with van der Waals surface area (Å²) in [5.41, 5.74) is 0.447. The smallest absolute Gasteiger partial charge is 0.227 e. The fourth-order valence-corrected chi connectivity index (χ4v) is 2.28. The van der Waals surface area contributed by atoms with Gasteiger partial charge in [0.2, 0.25) is 5.91 Å². The first-order valence-electron chi connectivity index (χ1n) is 5.96. The first-order chi connectivity index (χ1) is 8.61. The Bertz CT molecular complexity index is 451. The summed E-state index contributed by atoms with van der Waals surface area (Å²) in [7, 11) is 0. The lowest BCUT2D eigenvalue weighted by molar-refractivity contribution is -0.131. The lowest BCUT2D eigenvalue weighted by Gasteiger charge is -2.23. The Kier molecular flexibility index (Phi) is 3.91. The summed E-state index contributed by atoms with van der Waals surface area (Å²) in [6, 6.07) is 3.33. The highest BCUT2D eigenvalue weighted by molar-refractivity contribution is 5.79. The van der Waals surface area contributed by atoms with Gasteiger partial charge in [-0.2, -0.15) is 0 Å². The summed E-state index contributed by atoms with van der Waals surface area (Å²) in [5.74, 6) is -2.02. The summed E-state index contributed by atoms with van der Waals surface area (Å²) in [5, 5.41) is 9.13. The molecule has 1 amide bonds. The van der Waals surface area contributed by atoms with Crippen LogP contribution in [0.5, 0.6) is 0 Å². The molecule has 1 fully saturated rings. The van der Waals surface area contributed by atoms with E-state index >= 15 is 0 Å². The van der Waals surface area contributed by atoms with Gasteiger partial charge in [0, 0.05) is 6.54 Å². The Morgan fingerprint density at radius 2 is 2.17 bits per heavy atom. The molecule has 1 atom stereocenters. The van der Waals surface area contributed by atoms with Crippen LogP contribution in [0.4, 0.5) is 8.78 Å². The molecule has 1 heterocycles. The first kappa shape index (κ1) is 13.0. The van der Waals surface area contributed by atoms with Crippen LogP contribution < -0.4 is 0 Å². The van der Waals surface area contributed by atoms with E-state index in [-0.39, 0.29) is 25.0 Å². The van der Waals surface area contributed by atoms with Crippen molar-refractivity contribution >= 4 is 5.91 Å². The van der Waals surface area contributed by atoms with E-state index in [1.54, 1.807) is 4.90 Å². The van der Waals surface area contributed by atoms with Crippen molar-refractivity contribution in [2.45, 2.75) is 25.3 Å². The molecule has 1 aliphatic rings. The van der Waals surface area contributed by atoms with E-state index in [0.29, 0.717) is 12.1 Å². The van der Waals surface area contributed by atoms with E-state index in [1.807, 2.05) is 0 Å². The number of nitrogens with zero attached hydrogens (tertiary/aromatic N) is 1. The summed E-state index contributed by atoms with van der Waals surface area (Å²) < 4.78 is 25.8. The van der Waals surface area contributed by atoms with E-state index < -0.39 is 11.6 Å². The van der Waals surface area contributed by atoms with Crippen molar-refractivity contribution in [3.63, 3.8) is 0 Å². The molecule has 2 rings (SSSR count). The van der Waals surface area contributed by atoms with Gasteiger partial charge in [-0.25, -0.2) is 8.78 Å². The van der Waals surface area contributed by atoms with Crippen LogP contribution >= 0.6 is 0 Å². The van der Waals surface area contributed by atoms with Gasteiger partial charge in [-0.15, -0.1) is 0 Å². The Morgan fingerprint density at radius 1 is 1.39 bits per heavy atom. The van der Waals surface area contributed by atoms with Crippen LogP contribution in [0.15, 0.2) is 18.2 Å². The van der Waals surface area contributed by atoms with Crippen LogP contribution in [-0.2, 0) is 11.2 Å². The van der Waals surface area contributed by atoms with Crippen LogP contribution in [0.1, 0.15) is 18.4 Å². The average Bonchev–Trinajstić information content (AvgIpc) is 2.82. The third-order valence-corrected chi connectivity index (χ3v) is 3.25. The number of likely N-dealkylation sites (tertiary alicyclic amines) is 1. The zero-order chi connectivity index (χ0) is 13.1. The maximum absolute atomic E-state index is 13.0. The molecule has 1 aliphatic heterocycles. The van der Waals surface area contributed by atoms with Gasteiger partial charge in [-0.1, -0.05) is 6.07 Å². The van der Waals surface area contributed by atoms with Crippen LogP contribution in [0.25, 0.3) is 0 Å². The molecule has 0 unspecified atom stereocenters. The highest BCUT2D eigenvalue weighted by Gasteiger charge is 2.27. The van der Waals surface area contributed by atoms with E-state index in [9.17, 15) is 13.6 Å². The number of aliphatic hydroxyl groups excluding tert-OH is 1. The van der Waals surface area contributed by atoms with E-state index in [4.69, 9.17) is 5.11 Å². The van der Waals surface area contributed by atoms with Crippen molar-refractivity contribution in [2.75, 3.05) is 13.2 Å². The van der Waals surface area contributed by atoms with Crippen molar-refractivity contribution in [1.82, 2.24) is 4.90 Å². The average molecular weight is 255 g/mol. The minimum Gasteiger partial charge on any atom is -0.394 e. The largest absolute Gasteiger partial charge is 0.394 e. The van der Waals surface area contributed by atoms with E-state index in [2.05, 4.69) is 0 Å². The molecule has 0 saturated carbocycles. The number of benzene rings is 1. The molecule has 1 N–H and O–H groups in total. The summed E-state index contributed by atoms with van der Waals surface area (Å²) >= 11 is 0. The standard InChI is InChI=1S/C13H15F2NO2/c14-11-4-3-9(6-12(11)15)7-13(18)16-5-1-2-10(16)8-17/h3-4,6,10,17H,1-2,5,7-8H2/t10-/m0/s1. The Morgan fingerprint density at radius 3 is 2.83 bits per heavy atom. The second-order valence-corrected chi connectivity index (χ2v) is 4.49. The third-order valence-electron chi connectivity index (χ3n) is 3.25. The van der Waals surface area contributed by atoms with Gasteiger partial charge in [0.25, 0.3) is 0 Å². The molecule has 98 valence electrons. The van der Waals surface area contributed by atoms with Crippen LogP contribution in [0.2, 0.25) is 0 Å². The Labute approximate surface area is 104 Å². The van der Waals surface area contributed by atoms with Crippen LogP contribution in [0.3, 0.4) is 0 Å². The van der Waals surface area contributed by atoms with Gasteiger partial charge in [0.15, 0.2) is 11.6 Å². The van der Waals surface area contributed by atoms with Crippen LogP contribution in [0, 0.1) is 11.6 Å². The molecule has 0 aromatic heterocycles. The van der Waals surface area contributed by atoms with Crippen molar-refractivity contribution in [3.05, 3.63) is 35.4 Å². The second kappa shape index (κ2) is 5.44. The van der Waals surface area contributed by atoms with Gasteiger partial charge in [0.05, 0.1) is 19.1 Å². The third kappa shape index (κ3) is 2.67. The predicted molar refractivity (Wildman–Crippen MR) is 61.9 cm³/mol. The van der Waals surface area contributed by atoms with Gasteiger partial charge in [-0.05, 0) is 30.5 Å². The first-order valence-corrected chi connectivity index (χ1v) is 5.96. The number of hydrogen-bond acceptors (Lipinski definition) is 2. The number of carbonyl (C=O) groups is 1. The van der Waals surface area contributed by atoms with Crippen molar-refractivity contribution in [1.29, 1.82) is 0 Å². The van der Waals surface area contributed by atoms with Crippen molar-refractivity contribution < 1.29 is 18.7 Å². The van der Waals surface area contributed by atoms with Gasteiger partial charge >= 0.3 is 0 Å². The molecule has 0 radical (unpaired) electrons. The van der Waals surface area contributed by atoms with Crippen molar-refractivity contribution in [3.8, 4) is 0 Å². The molecule has 0 aliphatic carbocycles. The maximum atomic E-state index is 13.0. The number of hydrogen-bond donors (Lipinski definition) is 1. The Balaban J connectivity index is 2.04. The highest BCUT2D eigenvalue weighted by Crippen LogP contribution is 2.18. The number of carbonyl (C=O) groups excluding carboxylic acids is 1. The summed E-state index contributed by atoms with van der Waals surface area (Å²) in [6.45, 7) is 0.567. The highest BCUT2D eigenvalue weighted by atomic mass is 19.2. The molecule has 0 spiro atoms. The normalized spacial score (nSPS) is 19.3. The maximum Gasteiger partial charge on any atom is 0.227 e. The van der Waals surface area contributed by atoms with Gasteiger partial charge in [-0.3, -0.25) is 4.79 Å². The second-order valence-electron chi connectivity index (χ2n) is 4.49. The van der Waals surface area contributed by atoms with Gasteiger partial charge in [0.1, 0.15) is 0 Å². The molecular weight excluding hydrogens is 240 g/mol. The molecule has 1 saturated heterocycles. The SMILES string of the molecule is O=C(Cc1ccc(F)c(F)c1)N1CCC[C@H]1CO. The lowest BCUT2D eigenvalue weighted by Crippen LogP contribution is -2.38. The summed E-state index contributed by atoms with van der Waals surface area (Å²) in [6.07, 6.45) is 1.70. The minimum atomic E-state index is -0.944. The monoisotopic (exact) mass is 255 g/mol. The zero-order valence-corrected chi connectivity index (χ0v) is 9.90. The van der Waals surface area contributed by atoms with Crippen LogP contribution in [-0.4, -0.2) is 35.1 Å². The molecule has 3 nitrogen and oxygen atoms in total. The summed E-state index contributed by atoms with van der Waals surface area (Å²) in [4.78, 5) is 13.6. The number of rotatable bonds is 3. The fraction of sp³-hybridized carbons (Fsp3) is 0.462. The molecule has 18 heavy (non-hydrogen) atoms. The number of amides is 1.